The van der Waals surface area contributed by atoms with Crippen LogP contribution in [0, 0.1) is 0 Å². The molecule has 0 rings (SSSR count). The van der Waals surface area contributed by atoms with Crippen LogP contribution in [-0.4, -0.2) is 115 Å². The molecule has 0 aliphatic heterocycles. The molecule has 0 aromatic carbocycles. The molecule has 0 amide bonds. The number of rotatable bonds is 0. The van der Waals surface area contributed by atoms with Gasteiger partial charge >= 0.3 is 103 Å². The first-order chi connectivity index (χ1) is 1.41. The number of hydrogen-bond acceptors (Lipinski definition) is 1. The van der Waals surface area contributed by atoms with Crippen LogP contribution >= 0.6 is 0 Å². The van der Waals surface area contributed by atoms with E-state index in [1.165, 1.54) is 6.92 Å². The summed E-state index contributed by atoms with van der Waals surface area (Å²) in [4.78, 5) is 8.81. The van der Waals surface area contributed by atoms with Crippen LogP contribution in [0.15, 0.2) is 0 Å². The van der Waals surface area contributed by atoms with Gasteiger partial charge in [-0.3, -0.25) is 0 Å². The Balaban J connectivity index is -0.00000000667. The van der Waals surface area contributed by atoms with Crippen LogP contribution in [0.25, 0.3) is 0 Å². The van der Waals surface area contributed by atoms with E-state index in [9.17, 15) is 0 Å². The molecule has 0 aromatic rings. The van der Waals surface area contributed by atoms with Crippen molar-refractivity contribution in [2.45, 2.75) is 6.92 Å². The van der Waals surface area contributed by atoms with E-state index in [0.717, 1.165) is 6.29 Å². The molecule has 0 saturated carbocycles. The first kappa shape index (κ1) is 23.1. The van der Waals surface area contributed by atoms with Crippen LogP contribution in [0.3, 0.4) is 0 Å². The summed E-state index contributed by atoms with van der Waals surface area (Å²) in [6.07, 6.45) is 0.750. The van der Waals surface area contributed by atoms with Crippen molar-refractivity contribution in [2.24, 2.45) is 0 Å². The SMILES string of the molecule is CC=O.O.[KH].[KH]. The van der Waals surface area contributed by atoms with Crippen LogP contribution in [0.5, 0.6) is 0 Å². The van der Waals surface area contributed by atoms with Crippen molar-refractivity contribution in [3.63, 3.8) is 0 Å². The Kier molecular flexibility index (Phi) is 95.3. The van der Waals surface area contributed by atoms with Crippen molar-refractivity contribution in [3.8, 4) is 0 Å². The second-order valence-corrected chi connectivity index (χ2v) is 0.236. The molecule has 0 unspecified atom stereocenters. The van der Waals surface area contributed by atoms with Gasteiger partial charge in [-0.2, -0.15) is 0 Å². The standard InChI is InChI=1S/C2H4O.2K.H2O.2H/c1-2-3;;;;;/h2H,1H3;;;1H2;;. The summed E-state index contributed by atoms with van der Waals surface area (Å²) < 4.78 is 0. The normalized spacial score (nSPS) is 2.17. The van der Waals surface area contributed by atoms with E-state index in [0.29, 0.717) is 0 Å². The average molecular weight is 142 g/mol. The van der Waals surface area contributed by atoms with Crippen LogP contribution in [0.2, 0.25) is 0 Å². The van der Waals surface area contributed by atoms with Gasteiger partial charge in [0, 0.05) is 0 Å². The molecule has 0 spiro atoms. The fourth-order valence-corrected chi connectivity index (χ4v) is 0. The molecule has 0 fully saturated rings. The molecule has 0 radical (unpaired) electrons. The third kappa shape index (κ3) is 28.5. The molecule has 0 aliphatic rings. The third-order valence-electron chi connectivity index (χ3n) is 0. The Bertz CT molecular complexity index is 17.0. The number of hydrogen-bond donors (Lipinski definition) is 0. The summed E-state index contributed by atoms with van der Waals surface area (Å²) in [7, 11) is 0. The van der Waals surface area contributed by atoms with E-state index < -0.39 is 0 Å². The fraction of sp³-hybridized carbons (Fsp3) is 0.500. The predicted molar refractivity (Wildman–Crippen MR) is 29.6 cm³/mol. The average Bonchev–Trinajstić information content (AvgIpc) is 0.918. The molecule has 0 heterocycles. The second-order valence-electron chi connectivity index (χ2n) is 0.236. The molecule has 0 aromatic heterocycles. The summed E-state index contributed by atoms with van der Waals surface area (Å²) in [6, 6.07) is 0. The van der Waals surface area contributed by atoms with Gasteiger partial charge in [0.05, 0.1) is 0 Å². The van der Waals surface area contributed by atoms with Gasteiger partial charge in [-0.1, -0.05) is 0 Å². The van der Waals surface area contributed by atoms with Gasteiger partial charge in [0.1, 0.15) is 6.29 Å². The van der Waals surface area contributed by atoms with E-state index in [1.807, 2.05) is 0 Å². The molecular formula is C2H8K2O2. The Labute approximate surface area is 123 Å². The number of aldehydes is 1. The van der Waals surface area contributed by atoms with Gasteiger partial charge < -0.3 is 10.3 Å². The Hall–Kier alpha value is 2.90. The van der Waals surface area contributed by atoms with Crippen LogP contribution in [-0.2, 0) is 4.79 Å². The van der Waals surface area contributed by atoms with E-state index in [4.69, 9.17) is 4.79 Å². The number of carbonyl (C=O) groups excluding carboxylic acids is 1. The maximum absolute atomic E-state index is 8.81. The van der Waals surface area contributed by atoms with Crippen LogP contribution in [0.4, 0.5) is 0 Å². The molecule has 0 atom stereocenters. The van der Waals surface area contributed by atoms with E-state index in [-0.39, 0.29) is 108 Å². The summed E-state index contributed by atoms with van der Waals surface area (Å²) in [5, 5.41) is 0. The minimum absolute atomic E-state index is 0. The molecule has 0 saturated heterocycles. The fourth-order valence-electron chi connectivity index (χ4n) is 0. The molecule has 6 heavy (non-hydrogen) atoms. The van der Waals surface area contributed by atoms with Crippen LogP contribution < -0.4 is 0 Å². The predicted octanol–water partition coefficient (Wildman–Crippen LogP) is -1.92. The Morgan fingerprint density at radius 1 is 1.33 bits per heavy atom. The molecule has 30 valence electrons. The zero-order valence-corrected chi connectivity index (χ0v) is 2.49. The van der Waals surface area contributed by atoms with E-state index in [1.54, 1.807) is 0 Å². The topological polar surface area (TPSA) is 48.6 Å². The summed E-state index contributed by atoms with van der Waals surface area (Å²) in [5.41, 5.74) is 0. The van der Waals surface area contributed by atoms with Gasteiger partial charge in [0.2, 0.25) is 0 Å². The second kappa shape index (κ2) is 24.7. The quantitative estimate of drug-likeness (QED) is 0.287. The zero-order valence-electron chi connectivity index (χ0n) is 2.49. The molecule has 4 heteroatoms. The summed E-state index contributed by atoms with van der Waals surface area (Å²) in [6.45, 7) is 1.44. The van der Waals surface area contributed by atoms with Gasteiger partial charge in [-0.05, 0) is 6.92 Å². The molecule has 2 N–H and O–H groups in total. The summed E-state index contributed by atoms with van der Waals surface area (Å²) in [5.74, 6) is 0. The monoisotopic (exact) mass is 142 g/mol. The third-order valence-corrected chi connectivity index (χ3v) is 0. The molecule has 0 aliphatic carbocycles. The minimum atomic E-state index is 0. The first-order valence-corrected chi connectivity index (χ1v) is 0.813. The van der Waals surface area contributed by atoms with Crippen molar-refractivity contribution in [1.29, 1.82) is 0 Å². The maximum atomic E-state index is 8.81. The Morgan fingerprint density at radius 2 is 1.33 bits per heavy atom. The molecule has 2 nitrogen and oxygen atoms in total. The first-order valence-electron chi connectivity index (χ1n) is 0.813. The van der Waals surface area contributed by atoms with Crippen molar-refractivity contribution in [3.05, 3.63) is 0 Å². The molecular weight excluding hydrogens is 134 g/mol. The van der Waals surface area contributed by atoms with Gasteiger partial charge in [0.25, 0.3) is 0 Å². The van der Waals surface area contributed by atoms with Gasteiger partial charge in [-0.25, -0.2) is 0 Å². The Morgan fingerprint density at radius 3 is 1.33 bits per heavy atom. The van der Waals surface area contributed by atoms with Crippen LogP contribution in [0.1, 0.15) is 6.92 Å². The van der Waals surface area contributed by atoms with Gasteiger partial charge in [0.15, 0.2) is 0 Å². The van der Waals surface area contributed by atoms with Crippen molar-refractivity contribution in [1.82, 2.24) is 0 Å². The van der Waals surface area contributed by atoms with Crippen molar-refractivity contribution in [2.75, 3.05) is 0 Å². The van der Waals surface area contributed by atoms with Crippen molar-refractivity contribution >= 4 is 109 Å². The van der Waals surface area contributed by atoms with E-state index >= 15 is 0 Å². The molecule has 0 bridgehead atoms. The van der Waals surface area contributed by atoms with Gasteiger partial charge in [-0.15, -0.1) is 0 Å². The zero-order chi connectivity index (χ0) is 2.71. The van der Waals surface area contributed by atoms with Crippen molar-refractivity contribution < 1.29 is 10.3 Å². The number of carbonyl (C=O) groups is 1. The summed E-state index contributed by atoms with van der Waals surface area (Å²) >= 11 is 0. The van der Waals surface area contributed by atoms with E-state index in [2.05, 4.69) is 0 Å².